The Bertz CT molecular complexity index is 434. The second kappa shape index (κ2) is 5.66. The molecule has 19 heavy (non-hydrogen) atoms. The number of hydrogen-bond donors (Lipinski definition) is 1. The Labute approximate surface area is 112 Å². The number of rotatable bonds is 4. The average molecular weight is 268 g/mol. The van der Waals surface area contributed by atoms with E-state index in [-0.39, 0.29) is 29.9 Å². The van der Waals surface area contributed by atoms with Crippen LogP contribution in [-0.4, -0.2) is 65.5 Å². The molecule has 1 aromatic heterocycles. The van der Waals surface area contributed by atoms with Crippen molar-refractivity contribution in [2.75, 3.05) is 27.3 Å². The molecule has 0 spiro atoms. The fourth-order valence-corrected chi connectivity index (χ4v) is 2.13. The Morgan fingerprint density at radius 3 is 2.32 bits per heavy atom. The summed E-state index contributed by atoms with van der Waals surface area (Å²) in [4.78, 5) is 18.2. The van der Waals surface area contributed by atoms with Gasteiger partial charge in [-0.05, 0) is 0 Å². The largest absolute Gasteiger partial charge is 0.377 e. The first-order chi connectivity index (χ1) is 9.06. The third-order valence-corrected chi connectivity index (χ3v) is 3.35. The Morgan fingerprint density at radius 1 is 1.32 bits per heavy atom. The molecule has 1 aliphatic heterocycles. The predicted molar refractivity (Wildman–Crippen MR) is 68.0 cm³/mol. The van der Waals surface area contributed by atoms with Crippen molar-refractivity contribution in [2.24, 2.45) is 0 Å². The topological polar surface area (TPSA) is 80.3 Å². The summed E-state index contributed by atoms with van der Waals surface area (Å²) in [6, 6.07) is 0. The first kappa shape index (κ1) is 14.0. The molecule has 7 heteroatoms. The number of H-pyrrole nitrogens is 1. The molecule has 0 aromatic carbocycles. The van der Waals surface area contributed by atoms with E-state index in [1.807, 2.05) is 13.8 Å². The smallest absolute Gasteiger partial charge is 0.293 e. The van der Waals surface area contributed by atoms with Gasteiger partial charge in [-0.3, -0.25) is 9.89 Å². The fraction of sp³-hybridized carbons (Fsp3) is 0.750. The number of amides is 1. The number of aromatic nitrogens is 3. The number of likely N-dealkylation sites (tertiary alicyclic amines) is 1. The van der Waals surface area contributed by atoms with Crippen LogP contribution < -0.4 is 0 Å². The summed E-state index contributed by atoms with van der Waals surface area (Å²) >= 11 is 0. The molecule has 1 amide bonds. The van der Waals surface area contributed by atoms with E-state index in [2.05, 4.69) is 15.2 Å². The van der Waals surface area contributed by atoms with Crippen molar-refractivity contribution in [3.05, 3.63) is 11.6 Å². The molecule has 2 unspecified atom stereocenters. The van der Waals surface area contributed by atoms with Gasteiger partial charge in [0.1, 0.15) is 18.0 Å². The molecule has 2 rings (SSSR count). The maximum Gasteiger partial charge on any atom is 0.293 e. The number of hydrogen-bond acceptors (Lipinski definition) is 5. The average Bonchev–Trinajstić information content (AvgIpc) is 3.04. The van der Waals surface area contributed by atoms with E-state index in [4.69, 9.17) is 9.47 Å². The number of nitrogens with one attached hydrogen (secondary N) is 1. The van der Waals surface area contributed by atoms with E-state index < -0.39 is 0 Å². The molecule has 1 aliphatic rings. The van der Waals surface area contributed by atoms with Crippen LogP contribution in [0.15, 0.2) is 0 Å². The van der Waals surface area contributed by atoms with Gasteiger partial charge in [-0.15, -0.1) is 5.10 Å². The Balaban J connectivity index is 2.07. The highest BCUT2D eigenvalue weighted by atomic mass is 16.5. The van der Waals surface area contributed by atoms with Gasteiger partial charge in [-0.2, -0.15) is 0 Å². The zero-order valence-corrected chi connectivity index (χ0v) is 11.7. The van der Waals surface area contributed by atoms with Crippen LogP contribution in [0.2, 0.25) is 0 Å². The Kier molecular flexibility index (Phi) is 4.16. The Morgan fingerprint density at radius 2 is 1.89 bits per heavy atom. The third kappa shape index (κ3) is 2.76. The van der Waals surface area contributed by atoms with Crippen LogP contribution in [0.1, 0.15) is 36.2 Å². The van der Waals surface area contributed by atoms with Crippen LogP contribution in [0.5, 0.6) is 0 Å². The van der Waals surface area contributed by atoms with Gasteiger partial charge in [-0.25, -0.2) is 4.98 Å². The molecule has 0 saturated carbocycles. The SMILES string of the molecule is COC1CN(C(=O)c2n[nH]c(C(C)C)n2)CC1OC. The quantitative estimate of drug-likeness (QED) is 0.855. The second-order valence-electron chi connectivity index (χ2n) is 4.96. The highest BCUT2D eigenvalue weighted by Crippen LogP contribution is 2.18. The zero-order valence-electron chi connectivity index (χ0n) is 11.7. The lowest BCUT2D eigenvalue weighted by atomic mass is 10.2. The number of aromatic amines is 1. The van der Waals surface area contributed by atoms with Crippen molar-refractivity contribution in [3.63, 3.8) is 0 Å². The van der Waals surface area contributed by atoms with E-state index in [0.717, 1.165) is 0 Å². The minimum atomic E-state index is -0.190. The lowest BCUT2D eigenvalue weighted by molar-refractivity contribution is -0.00461. The monoisotopic (exact) mass is 268 g/mol. The van der Waals surface area contributed by atoms with Crippen LogP contribution >= 0.6 is 0 Å². The van der Waals surface area contributed by atoms with Gasteiger partial charge < -0.3 is 14.4 Å². The van der Waals surface area contributed by atoms with Crippen LogP contribution in [-0.2, 0) is 9.47 Å². The minimum Gasteiger partial charge on any atom is -0.377 e. The molecule has 1 saturated heterocycles. The van der Waals surface area contributed by atoms with Crippen molar-refractivity contribution in [1.29, 1.82) is 0 Å². The lowest BCUT2D eigenvalue weighted by Crippen LogP contribution is -2.31. The van der Waals surface area contributed by atoms with Crippen LogP contribution in [0.25, 0.3) is 0 Å². The molecular weight excluding hydrogens is 248 g/mol. The van der Waals surface area contributed by atoms with Gasteiger partial charge >= 0.3 is 0 Å². The van der Waals surface area contributed by atoms with Gasteiger partial charge in [0.2, 0.25) is 5.82 Å². The fourth-order valence-electron chi connectivity index (χ4n) is 2.13. The van der Waals surface area contributed by atoms with Crippen molar-refractivity contribution in [3.8, 4) is 0 Å². The van der Waals surface area contributed by atoms with Crippen LogP contribution in [0.3, 0.4) is 0 Å². The summed E-state index contributed by atoms with van der Waals surface area (Å²) in [6.45, 7) is 4.98. The maximum atomic E-state index is 12.3. The predicted octanol–water partition coefficient (Wildman–Crippen LogP) is 0.414. The molecule has 106 valence electrons. The summed E-state index contributed by atoms with van der Waals surface area (Å²) in [5, 5.41) is 6.76. The lowest BCUT2D eigenvalue weighted by Gasteiger charge is -2.13. The van der Waals surface area contributed by atoms with Gasteiger partial charge in [0.15, 0.2) is 0 Å². The minimum absolute atomic E-state index is 0.0996. The van der Waals surface area contributed by atoms with Gasteiger partial charge in [0, 0.05) is 33.2 Å². The van der Waals surface area contributed by atoms with E-state index in [1.165, 1.54) is 0 Å². The molecule has 1 fully saturated rings. The maximum absolute atomic E-state index is 12.3. The summed E-state index contributed by atoms with van der Waals surface area (Å²) in [5.41, 5.74) is 0. The molecule has 1 aromatic rings. The highest BCUT2D eigenvalue weighted by molar-refractivity contribution is 5.90. The van der Waals surface area contributed by atoms with Crippen molar-refractivity contribution in [2.45, 2.75) is 32.0 Å². The standard InChI is InChI=1S/C12H20N4O3/c1-7(2)10-13-11(15-14-10)12(17)16-5-8(18-3)9(6-16)19-4/h7-9H,5-6H2,1-4H3,(H,13,14,15). The summed E-state index contributed by atoms with van der Waals surface area (Å²) in [7, 11) is 3.24. The molecule has 0 bridgehead atoms. The van der Waals surface area contributed by atoms with E-state index in [1.54, 1.807) is 19.1 Å². The van der Waals surface area contributed by atoms with Gasteiger partial charge in [0.25, 0.3) is 5.91 Å². The van der Waals surface area contributed by atoms with E-state index >= 15 is 0 Å². The first-order valence-corrected chi connectivity index (χ1v) is 6.34. The summed E-state index contributed by atoms with van der Waals surface area (Å²) in [5.74, 6) is 0.945. The first-order valence-electron chi connectivity index (χ1n) is 6.34. The number of carbonyl (C=O) groups excluding carboxylic acids is 1. The van der Waals surface area contributed by atoms with Crippen molar-refractivity contribution in [1.82, 2.24) is 20.1 Å². The molecule has 2 heterocycles. The van der Waals surface area contributed by atoms with Crippen LogP contribution in [0, 0.1) is 0 Å². The molecule has 1 N–H and O–H groups in total. The number of methoxy groups -OCH3 is 2. The van der Waals surface area contributed by atoms with E-state index in [9.17, 15) is 4.79 Å². The van der Waals surface area contributed by atoms with Gasteiger partial charge in [0.05, 0.1) is 0 Å². The number of ether oxygens (including phenoxy) is 2. The highest BCUT2D eigenvalue weighted by Gasteiger charge is 2.37. The third-order valence-electron chi connectivity index (χ3n) is 3.35. The summed E-state index contributed by atoms with van der Waals surface area (Å²) < 4.78 is 10.6. The van der Waals surface area contributed by atoms with E-state index in [0.29, 0.717) is 18.9 Å². The molecule has 7 nitrogen and oxygen atoms in total. The normalized spacial score (nSPS) is 23.3. The number of carbonyl (C=O) groups is 1. The molecular formula is C12H20N4O3. The Hall–Kier alpha value is -1.47. The van der Waals surface area contributed by atoms with Gasteiger partial charge in [-0.1, -0.05) is 13.8 Å². The zero-order chi connectivity index (χ0) is 14.0. The second-order valence-corrected chi connectivity index (χ2v) is 4.96. The number of nitrogens with zero attached hydrogens (tertiary/aromatic N) is 3. The van der Waals surface area contributed by atoms with Crippen molar-refractivity contribution >= 4 is 5.91 Å². The molecule has 0 aliphatic carbocycles. The summed E-state index contributed by atoms with van der Waals surface area (Å²) in [6.07, 6.45) is -0.199. The van der Waals surface area contributed by atoms with Crippen LogP contribution in [0.4, 0.5) is 0 Å². The molecule has 0 radical (unpaired) electrons. The molecule has 2 atom stereocenters. The van der Waals surface area contributed by atoms with Crippen molar-refractivity contribution < 1.29 is 14.3 Å².